The molecule has 0 saturated carbocycles. The van der Waals surface area contributed by atoms with Gasteiger partial charge < -0.3 is 15.8 Å². The Balaban J connectivity index is 2.12. The number of rotatable bonds is 5. The zero-order valence-corrected chi connectivity index (χ0v) is 17.3. The minimum absolute atomic E-state index is 0.0260. The molecule has 12 heteroatoms. The number of alkyl halides is 3. The number of carbonyl (C=O) groups excluding carboxylic acids is 2. The fraction of sp³-hybridized carbons (Fsp3) is 0.381. The van der Waals surface area contributed by atoms with Crippen LogP contribution in [-0.4, -0.2) is 41.6 Å². The van der Waals surface area contributed by atoms with Gasteiger partial charge in [0.15, 0.2) is 11.6 Å². The minimum atomic E-state index is -4.90. The van der Waals surface area contributed by atoms with Crippen LogP contribution in [0.3, 0.4) is 0 Å². The van der Waals surface area contributed by atoms with Gasteiger partial charge in [-0.25, -0.2) is 4.39 Å². The minimum Gasteiger partial charge on any atom is -0.493 e. The van der Waals surface area contributed by atoms with Crippen molar-refractivity contribution in [3.05, 3.63) is 53.4 Å². The summed E-state index contributed by atoms with van der Waals surface area (Å²) in [6.07, 6.45) is -3.77. The molecule has 7 nitrogen and oxygen atoms in total. The van der Waals surface area contributed by atoms with Gasteiger partial charge >= 0.3 is 6.18 Å². The van der Waals surface area contributed by atoms with E-state index in [-0.39, 0.29) is 11.4 Å². The van der Waals surface area contributed by atoms with Gasteiger partial charge in [0.05, 0.1) is 17.2 Å². The van der Waals surface area contributed by atoms with E-state index in [2.05, 4.69) is 20.4 Å². The summed E-state index contributed by atoms with van der Waals surface area (Å²) in [6.45, 7) is 1.93. The van der Waals surface area contributed by atoms with Gasteiger partial charge in [0, 0.05) is 23.4 Å². The second kappa shape index (κ2) is 8.58. The lowest BCUT2D eigenvalue weighted by molar-refractivity contribution is -0.198. The second-order valence-electron chi connectivity index (χ2n) is 7.80. The maximum atomic E-state index is 14.7. The van der Waals surface area contributed by atoms with E-state index in [1.165, 1.54) is 6.07 Å². The third kappa shape index (κ3) is 4.22. The van der Waals surface area contributed by atoms with Crippen LogP contribution in [0.5, 0.6) is 5.75 Å². The predicted molar refractivity (Wildman–Crippen MR) is 108 cm³/mol. The Hall–Kier alpha value is -3.28. The molecule has 1 aromatic heterocycles. The standard InChI is InChI=1S/C21H21F5N4O3/c1-9-14(11-4-5-12(22)15(23)17(11)33-3)16(30-20(9,2)21(24,25)26)19(32)29-10-6-7-28-13(8-10)18(27)31/h4-9,14,16,30H,1-3H3,(H2,27,31)(H,28,29,32)/t9-,14-,16+,20+/m0/s1/i3D3. The summed E-state index contributed by atoms with van der Waals surface area (Å²) in [5, 5.41) is 4.58. The normalized spacial score (nSPS) is 26.8. The third-order valence-corrected chi connectivity index (χ3v) is 5.96. The van der Waals surface area contributed by atoms with Crippen LogP contribution in [0.15, 0.2) is 30.5 Å². The van der Waals surface area contributed by atoms with Gasteiger partial charge in [-0.2, -0.15) is 17.6 Å². The number of hydrogen-bond acceptors (Lipinski definition) is 5. The number of pyridine rings is 1. The van der Waals surface area contributed by atoms with Crippen LogP contribution in [0.25, 0.3) is 0 Å². The van der Waals surface area contributed by atoms with Crippen molar-refractivity contribution < 1.29 is 40.4 Å². The highest BCUT2D eigenvalue weighted by Gasteiger charge is 2.64. The molecule has 2 heterocycles. The Morgan fingerprint density at radius 3 is 2.61 bits per heavy atom. The lowest BCUT2D eigenvalue weighted by atomic mass is 9.76. The monoisotopic (exact) mass is 475 g/mol. The first-order chi connectivity index (χ1) is 16.5. The van der Waals surface area contributed by atoms with Crippen molar-refractivity contribution in [3.8, 4) is 5.75 Å². The number of nitrogens with two attached hydrogens (primary N) is 1. The quantitative estimate of drug-likeness (QED) is 0.577. The smallest absolute Gasteiger partial charge is 0.406 e. The zero-order valence-electron chi connectivity index (χ0n) is 20.3. The first kappa shape index (κ1) is 20.3. The van der Waals surface area contributed by atoms with E-state index < -0.39 is 71.4 Å². The fourth-order valence-corrected chi connectivity index (χ4v) is 3.99. The number of nitrogens with one attached hydrogen (secondary N) is 2. The van der Waals surface area contributed by atoms with E-state index >= 15 is 0 Å². The highest BCUT2D eigenvalue weighted by Crippen LogP contribution is 2.51. The van der Waals surface area contributed by atoms with E-state index in [1.807, 2.05) is 0 Å². The first-order valence-corrected chi connectivity index (χ1v) is 9.54. The number of benzene rings is 1. The van der Waals surface area contributed by atoms with Gasteiger partial charge in [0.2, 0.25) is 11.7 Å². The molecule has 33 heavy (non-hydrogen) atoms. The van der Waals surface area contributed by atoms with E-state index in [1.54, 1.807) is 0 Å². The van der Waals surface area contributed by atoms with E-state index in [9.17, 15) is 31.5 Å². The number of hydrogen-bond donors (Lipinski definition) is 3. The number of anilines is 1. The van der Waals surface area contributed by atoms with Crippen molar-refractivity contribution in [2.75, 3.05) is 12.4 Å². The number of amides is 2. The Bertz CT molecular complexity index is 1190. The average Bonchev–Trinajstić information content (AvgIpc) is 3.03. The van der Waals surface area contributed by atoms with Crippen molar-refractivity contribution in [1.82, 2.24) is 10.3 Å². The molecule has 1 saturated heterocycles. The third-order valence-electron chi connectivity index (χ3n) is 5.96. The number of halogens is 5. The van der Waals surface area contributed by atoms with E-state index in [0.29, 0.717) is 6.07 Å². The summed E-state index contributed by atoms with van der Waals surface area (Å²) in [5.74, 6) is -9.32. The largest absolute Gasteiger partial charge is 0.493 e. The highest BCUT2D eigenvalue weighted by molar-refractivity contribution is 5.98. The highest BCUT2D eigenvalue weighted by atomic mass is 19.4. The number of ether oxygens (including phenoxy) is 1. The van der Waals surface area contributed by atoms with E-state index in [4.69, 9.17) is 9.85 Å². The Morgan fingerprint density at radius 1 is 1.30 bits per heavy atom. The van der Waals surface area contributed by atoms with Crippen molar-refractivity contribution in [2.24, 2.45) is 11.7 Å². The van der Waals surface area contributed by atoms with Crippen LogP contribution in [0.1, 0.15) is 39.9 Å². The first-order valence-electron chi connectivity index (χ1n) is 11.0. The van der Waals surface area contributed by atoms with Crippen molar-refractivity contribution >= 4 is 17.5 Å². The van der Waals surface area contributed by atoms with Crippen LogP contribution >= 0.6 is 0 Å². The Labute approximate surface area is 189 Å². The topological polar surface area (TPSA) is 106 Å². The summed E-state index contributed by atoms with van der Waals surface area (Å²) in [4.78, 5) is 28.3. The van der Waals surface area contributed by atoms with Gasteiger partial charge in [-0.15, -0.1) is 0 Å². The number of methoxy groups -OCH3 is 1. The predicted octanol–water partition coefficient (Wildman–Crippen LogP) is 3.12. The molecule has 0 aliphatic carbocycles. The molecule has 1 aromatic carbocycles. The molecule has 4 N–H and O–H groups in total. The van der Waals surface area contributed by atoms with Gasteiger partial charge in [-0.1, -0.05) is 13.0 Å². The van der Waals surface area contributed by atoms with Crippen LogP contribution in [-0.2, 0) is 4.79 Å². The molecule has 0 unspecified atom stereocenters. The molecule has 2 amide bonds. The average molecular weight is 475 g/mol. The summed E-state index contributed by atoms with van der Waals surface area (Å²) < 4.78 is 97.3. The van der Waals surface area contributed by atoms with Crippen molar-refractivity contribution in [3.63, 3.8) is 0 Å². The fourth-order valence-electron chi connectivity index (χ4n) is 3.99. The van der Waals surface area contributed by atoms with Gasteiger partial charge in [-0.05, 0) is 31.0 Å². The van der Waals surface area contributed by atoms with Gasteiger partial charge in [0.25, 0.3) is 5.91 Å². The number of primary amides is 1. The van der Waals surface area contributed by atoms with Gasteiger partial charge in [-0.3, -0.25) is 19.9 Å². The van der Waals surface area contributed by atoms with Crippen molar-refractivity contribution in [2.45, 2.75) is 37.5 Å². The van der Waals surface area contributed by atoms with Crippen LogP contribution in [0, 0.1) is 17.6 Å². The molecule has 2 aromatic rings. The lowest BCUT2D eigenvalue weighted by Crippen LogP contribution is -2.56. The number of carbonyl (C=O) groups is 2. The molecule has 178 valence electrons. The van der Waals surface area contributed by atoms with Crippen LogP contribution in [0.4, 0.5) is 27.6 Å². The summed E-state index contributed by atoms with van der Waals surface area (Å²) in [6, 6.07) is 2.10. The molecule has 1 aliphatic rings. The molecular weight excluding hydrogens is 451 g/mol. The molecule has 0 radical (unpaired) electrons. The Kier molecular flexibility index (Phi) is 5.29. The molecule has 3 rings (SSSR count). The maximum Gasteiger partial charge on any atom is 0.406 e. The molecule has 1 aliphatic heterocycles. The molecule has 1 fully saturated rings. The van der Waals surface area contributed by atoms with E-state index in [0.717, 1.165) is 32.2 Å². The second-order valence-corrected chi connectivity index (χ2v) is 7.80. The molecular formula is C21H21F5N4O3. The van der Waals surface area contributed by atoms with Crippen molar-refractivity contribution in [1.29, 1.82) is 0 Å². The zero-order chi connectivity index (χ0) is 27.2. The van der Waals surface area contributed by atoms with Crippen LogP contribution < -0.4 is 21.1 Å². The Morgan fingerprint density at radius 2 is 2.00 bits per heavy atom. The molecule has 0 bridgehead atoms. The number of aromatic nitrogens is 1. The molecule has 0 spiro atoms. The summed E-state index contributed by atoms with van der Waals surface area (Å²) in [7, 11) is -3.27. The van der Waals surface area contributed by atoms with Gasteiger partial charge in [0.1, 0.15) is 11.2 Å². The summed E-state index contributed by atoms with van der Waals surface area (Å²) >= 11 is 0. The maximum absolute atomic E-state index is 14.7. The SMILES string of the molecule is [2H]C([2H])([2H])Oc1c([C@H]2[C@H](C(=O)Nc3ccnc(C(N)=O)c3)N[C@@](C)(C(F)(F)F)[C@H]2C)ccc(F)c1F. The van der Waals surface area contributed by atoms with Crippen LogP contribution in [0.2, 0.25) is 0 Å². The lowest BCUT2D eigenvalue weighted by Gasteiger charge is -2.33. The summed E-state index contributed by atoms with van der Waals surface area (Å²) in [5.41, 5.74) is 1.75. The molecule has 4 atom stereocenters. The number of nitrogens with zero attached hydrogens (tertiary/aromatic N) is 1.